The van der Waals surface area contributed by atoms with E-state index in [1.54, 1.807) is 12.1 Å². The van der Waals surface area contributed by atoms with Gasteiger partial charge >= 0.3 is 0 Å². The van der Waals surface area contributed by atoms with Gasteiger partial charge in [-0.2, -0.15) is 0 Å². The van der Waals surface area contributed by atoms with E-state index >= 15 is 0 Å². The summed E-state index contributed by atoms with van der Waals surface area (Å²) < 4.78 is 12.8. The molecule has 0 N–H and O–H groups in total. The Labute approximate surface area is 109 Å². The number of terminal acetylenes is 1. The second-order valence-corrected chi connectivity index (χ2v) is 5.09. The van der Waals surface area contributed by atoms with Crippen molar-refractivity contribution in [3.05, 3.63) is 35.6 Å². The van der Waals surface area contributed by atoms with Gasteiger partial charge in [-0.3, -0.25) is 4.90 Å². The maximum Gasteiger partial charge on any atom is 0.123 e. The van der Waals surface area contributed by atoms with Crippen LogP contribution >= 0.6 is 0 Å². The molecule has 0 aliphatic carbocycles. The first-order valence-corrected chi connectivity index (χ1v) is 6.68. The summed E-state index contributed by atoms with van der Waals surface area (Å²) in [6, 6.07) is 6.88. The molecule has 1 aromatic carbocycles. The molecule has 0 bridgehead atoms. The highest BCUT2D eigenvalue weighted by Gasteiger charge is 2.18. The summed E-state index contributed by atoms with van der Waals surface area (Å²) in [4.78, 5) is 2.34. The highest BCUT2D eigenvalue weighted by atomic mass is 19.1. The molecular formula is C16H20FN. The van der Waals surface area contributed by atoms with Crippen molar-refractivity contribution >= 4 is 0 Å². The van der Waals surface area contributed by atoms with E-state index in [0.29, 0.717) is 0 Å². The van der Waals surface area contributed by atoms with Crippen LogP contribution in [0.1, 0.15) is 24.8 Å². The lowest BCUT2D eigenvalue weighted by molar-refractivity contribution is 0.197. The fourth-order valence-corrected chi connectivity index (χ4v) is 2.58. The average Bonchev–Trinajstić information content (AvgIpc) is 2.40. The minimum absolute atomic E-state index is 0.152. The lowest BCUT2D eigenvalue weighted by atomic mass is 9.90. The van der Waals surface area contributed by atoms with Gasteiger partial charge in [-0.15, -0.1) is 6.42 Å². The molecule has 0 radical (unpaired) electrons. The second kappa shape index (κ2) is 6.56. The normalized spacial score (nSPS) is 17.6. The summed E-state index contributed by atoms with van der Waals surface area (Å²) in [5, 5.41) is 0. The highest BCUT2D eigenvalue weighted by Crippen LogP contribution is 2.22. The molecule has 1 aliphatic heterocycles. The smallest absolute Gasteiger partial charge is 0.123 e. The number of halogens is 1. The number of rotatable bonds is 4. The minimum atomic E-state index is -0.152. The number of nitrogens with zero attached hydrogens (tertiary/aromatic N) is 1. The summed E-state index contributed by atoms with van der Waals surface area (Å²) in [5.74, 6) is 3.35. The van der Waals surface area contributed by atoms with Gasteiger partial charge in [-0.25, -0.2) is 4.39 Å². The Balaban J connectivity index is 1.72. The Kier molecular flexibility index (Phi) is 4.78. The Morgan fingerprint density at radius 2 is 1.89 bits per heavy atom. The van der Waals surface area contributed by atoms with E-state index in [0.717, 1.165) is 32.0 Å². The second-order valence-electron chi connectivity index (χ2n) is 5.09. The third-order valence-electron chi connectivity index (χ3n) is 3.78. The first-order valence-electron chi connectivity index (χ1n) is 6.68. The molecular weight excluding hydrogens is 225 g/mol. The molecule has 1 heterocycles. The molecule has 1 nitrogen and oxygen atoms in total. The standard InChI is InChI=1S/C16H20FN/c1-2-11-18-12-9-15(10-13-18)4-3-14-5-7-16(17)8-6-14/h1,5-8,15H,3-4,9-13H2. The molecule has 0 spiro atoms. The van der Waals surface area contributed by atoms with Gasteiger partial charge in [-0.05, 0) is 62.4 Å². The zero-order valence-electron chi connectivity index (χ0n) is 10.7. The van der Waals surface area contributed by atoms with Gasteiger partial charge in [0.25, 0.3) is 0 Å². The summed E-state index contributed by atoms with van der Waals surface area (Å²) in [6.45, 7) is 3.03. The van der Waals surface area contributed by atoms with Gasteiger partial charge in [0.2, 0.25) is 0 Å². The lowest BCUT2D eigenvalue weighted by Crippen LogP contribution is -2.34. The van der Waals surface area contributed by atoms with Gasteiger partial charge in [0, 0.05) is 0 Å². The van der Waals surface area contributed by atoms with Crippen LogP contribution in [0.25, 0.3) is 0 Å². The summed E-state index contributed by atoms with van der Waals surface area (Å²) >= 11 is 0. The molecule has 96 valence electrons. The SMILES string of the molecule is C#CCN1CCC(CCc2ccc(F)cc2)CC1. The molecule has 0 amide bonds. The number of hydrogen-bond donors (Lipinski definition) is 0. The van der Waals surface area contributed by atoms with Gasteiger partial charge in [0.1, 0.15) is 5.82 Å². The number of aryl methyl sites for hydroxylation is 1. The number of piperidine rings is 1. The van der Waals surface area contributed by atoms with Crippen molar-refractivity contribution in [1.82, 2.24) is 4.90 Å². The van der Waals surface area contributed by atoms with Crippen LogP contribution in [-0.2, 0) is 6.42 Å². The highest BCUT2D eigenvalue weighted by molar-refractivity contribution is 5.16. The van der Waals surface area contributed by atoms with Crippen molar-refractivity contribution in [1.29, 1.82) is 0 Å². The van der Waals surface area contributed by atoms with E-state index in [2.05, 4.69) is 10.8 Å². The molecule has 0 atom stereocenters. The lowest BCUT2D eigenvalue weighted by Gasteiger charge is -2.30. The van der Waals surface area contributed by atoms with Crippen LogP contribution in [0.2, 0.25) is 0 Å². The number of likely N-dealkylation sites (tertiary alicyclic amines) is 1. The van der Waals surface area contributed by atoms with Gasteiger partial charge in [0.15, 0.2) is 0 Å². The Bertz CT molecular complexity index is 396. The summed E-state index contributed by atoms with van der Waals surface area (Å²) in [6.07, 6.45) is 10.1. The third kappa shape index (κ3) is 3.85. The first kappa shape index (κ1) is 13.1. The van der Waals surface area contributed by atoms with Crippen LogP contribution in [0.15, 0.2) is 24.3 Å². The van der Waals surface area contributed by atoms with Crippen LogP contribution < -0.4 is 0 Å². The van der Waals surface area contributed by atoms with Crippen molar-refractivity contribution in [2.75, 3.05) is 19.6 Å². The van der Waals surface area contributed by atoms with E-state index < -0.39 is 0 Å². The van der Waals surface area contributed by atoms with Gasteiger partial charge < -0.3 is 0 Å². The molecule has 1 fully saturated rings. The van der Waals surface area contributed by atoms with Crippen molar-refractivity contribution in [2.45, 2.75) is 25.7 Å². The first-order chi connectivity index (χ1) is 8.78. The molecule has 0 aromatic heterocycles. The van der Waals surface area contributed by atoms with Crippen LogP contribution in [-0.4, -0.2) is 24.5 Å². The van der Waals surface area contributed by atoms with Crippen molar-refractivity contribution < 1.29 is 4.39 Å². The largest absolute Gasteiger partial charge is 0.292 e. The zero-order chi connectivity index (χ0) is 12.8. The van der Waals surface area contributed by atoms with E-state index in [1.807, 2.05) is 12.1 Å². The van der Waals surface area contributed by atoms with E-state index in [9.17, 15) is 4.39 Å². The average molecular weight is 245 g/mol. The Morgan fingerprint density at radius 1 is 1.22 bits per heavy atom. The van der Waals surface area contributed by atoms with Crippen molar-refractivity contribution in [2.24, 2.45) is 5.92 Å². The number of hydrogen-bond acceptors (Lipinski definition) is 1. The molecule has 1 aromatic rings. The topological polar surface area (TPSA) is 3.24 Å². The van der Waals surface area contributed by atoms with E-state index in [-0.39, 0.29) is 5.82 Å². The Morgan fingerprint density at radius 3 is 2.50 bits per heavy atom. The van der Waals surface area contributed by atoms with Crippen LogP contribution in [0.4, 0.5) is 4.39 Å². The molecule has 2 heteroatoms. The molecule has 18 heavy (non-hydrogen) atoms. The van der Waals surface area contributed by atoms with Crippen molar-refractivity contribution in [3.8, 4) is 12.3 Å². The van der Waals surface area contributed by atoms with Crippen molar-refractivity contribution in [3.63, 3.8) is 0 Å². The maximum atomic E-state index is 12.8. The van der Waals surface area contributed by atoms with Crippen LogP contribution in [0, 0.1) is 24.1 Å². The third-order valence-corrected chi connectivity index (χ3v) is 3.78. The van der Waals surface area contributed by atoms with E-state index in [1.165, 1.54) is 24.8 Å². The Hall–Kier alpha value is -1.33. The molecule has 1 saturated heterocycles. The van der Waals surface area contributed by atoms with Crippen LogP contribution in [0.3, 0.4) is 0 Å². The quantitative estimate of drug-likeness (QED) is 0.737. The molecule has 0 saturated carbocycles. The monoisotopic (exact) mass is 245 g/mol. The predicted octanol–water partition coefficient (Wildman–Crippen LogP) is 3.10. The number of benzene rings is 1. The van der Waals surface area contributed by atoms with E-state index in [4.69, 9.17) is 6.42 Å². The maximum absolute atomic E-state index is 12.8. The predicted molar refractivity (Wildman–Crippen MR) is 72.7 cm³/mol. The minimum Gasteiger partial charge on any atom is -0.292 e. The van der Waals surface area contributed by atoms with Crippen LogP contribution in [0.5, 0.6) is 0 Å². The summed E-state index contributed by atoms with van der Waals surface area (Å²) in [7, 11) is 0. The molecule has 2 rings (SSSR count). The zero-order valence-corrected chi connectivity index (χ0v) is 10.7. The van der Waals surface area contributed by atoms with Gasteiger partial charge in [0.05, 0.1) is 6.54 Å². The summed E-state index contributed by atoms with van der Waals surface area (Å²) in [5.41, 5.74) is 1.24. The molecule has 1 aliphatic rings. The van der Waals surface area contributed by atoms with Gasteiger partial charge in [-0.1, -0.05) is 18.1 Å². The molecule has 0 unspecified atom stereocenters. The fraction of sp³-hybridized carbons (Fsp3) is 0.500. The fourth-order valence-electron chi connectivity index (χ4n) is 2.58.